The minimum absolute atomic E-state index is 0.325. The highest BCUT2D eigenvalue weighted by Gasteiger charge is 2.38. The van der Waals surface area contributed by atoms with Gasteiger partial charge in [0.15, 0.2) is 11.0 Å². The van der Waals surface area contributed by atoms with Crippen molar-refractivity contribution in [2.24, 2.45) is 0 Å². The maximum absolute atomic E-state index is 12.3. The van der Waals surface area contributed by atoms with Crippen LogP contribution in [0.4, 0.5) is 13.2 Å². The monoisotopic (exact) mass is 280 g/mol. The van der Waals surface area contributed by atoms with Crippen molar-refractivity contribution >= 4 is 11.0 Å². The molecule has 2 unspecified atom stereocenters. The second-order valence-corrected chi connectivity index (χ2v) is 5.29. The van der Waals surface area contributed by atoms with Crippen LogP contribution in [-0.2, 0) is 11.0 Å². The molecule has 1 rings (SSSR count). The van der Waals surface area contributed by atoms with E-state index in [1.807, 2.05) is 0 Å². The van der Waals surface area contributed by atoms with Crippen LogP contribution in [0.5, 0.6) is 0 Å². The lowest BCUT2D eigenvalue weighted by atomic mass is 10.1. The second kappa shape index (κ2) is 6.31. The van der Waals surface area contributed by atoms with Crippen molar-refractivity contribution in [3.8, 4) is 0 Å². The van der Waals surface area contributed by atoms with Crippen LogP contribution >= 0.6 is 0 Å². The first-order valence-corrected chi connectivity index (χ1v) is 6.40. The number of nitrogens with zero attached hydrogens (tertiary/aromatic N) is 1. The predicted octanol–water partition coefficient (Wildman–Crippen LogP) is 2.06. The summed E-state index contributed by atoms with van der Waals surface area (Å²) in [6, 6.07) is 8.01. The van der Waals surface area contributed by atoms with Crippen LogP contribution in [0.3, 0.4) is 0 Å². The lowest BCUT2D eigenvalue weighted by Crippen LogP contribution is -2.37. The van der Waals surface area contributed by atoms with Gasteiger partial charge in [-0.1, -0.05) is 30.3 Å². The van der Waals surface area contributed by atoms with E-state index in [1.54, 1.807) is 49.3 Å². The van der Waals surface area contributed by atoms with Gasteiger partial charge in [-0.05, 0) is 19.7 Å². The minimum Gasteiger partial charge on any atom is -0.307 e. The Morgan fingerprint density at radius 1 is 1.28 bits per heavy atom. The number of nitrogens with one attached hydrogen (secondary N) is 1. The van der Waals surface area contributed by atoms with E-state index in [4.69, 9.17) is 0 Å². The summed E-state index contributed by atoms with van der Waals surface area (Å²) in [5.41, 5.74) is -4.08. The van der Waals surface area contributed by atoms with Crippen LogP contribution in [0.2, 0.25) is 0 Å². The maximum Gasteiger partial charge on any atom is 0.485 e. The zero-order chi connectivity index (χ0) is 13.8. The number of benzene rings is 1. The summed E-state index contributed by atoms with van der Waals surface area (Å²) in [6.07, 6.45) is 0. The molecule has 0 aromatic heterocycles. The first-order valence-electron chi connectivity index (χ1n) is 5.25. The van der Waals surface area contributed by atoms with Crippen LogP contribution < -0.4 is 4.72 Å². The van der Waals surface area contributed by atoms with E-state index in [2.05, 4.69) is 4.72 Å². The van der Waals surface area contributed by atoms with Gasteiger partial charge in [-0.2, -0.15) is 13.2 Å². The summed E-state index contributed by atoms with van der Waals surface area (Å²) >= 11 is 0. The van der Waals surface area contributed by atoms with Crippen molar-refractivity contribution in [2.45, 2.75) is 11.6 Å². The predicted molar refractivity (Wildman–Crippen MR) is 65.1 cm³/mol. The minimum atomic E-state index is -4.75. The molecule has 0 fully saturated rings. The molecule has 0 heterocycles. The fourth-order valence-corrected chi connectivity index (χ4v) is 2.06. The molecule has 1 N–H and O–H groups in total. The highest BCUT2D eigenvalue weighted by molar-refractivity contribution is 7.83. The molecule has 7 heteroatoms. The Balaban J connectivity index is 2.84. The van der Waals surface area contributed by atoms with Gasteiger partial charge >= 0.3 is 5.51 Å². The molecular weight excluding hydrogens is 265 g/mol. The summed E-state index contributed by atoms with van der Waals surface area (Å²) in [6.45, 7) is 0.325. The summed E-state index contributed by atoms with van der Waals surface area (Å²) in [7, 11) is 0.427. The third-order valence-corrected chi connectivity index (χ3v) is 3.13. The van der Waals surface area contributed by atoms with Crippen molar-refractivity contribution in [3.63, 3.8) is 0 Å². The second-order valence-electron chi connectivity index (χ2n) is 4.06. The van der Waals surface area contributed by atoms with Crippen LogP contribution in [-0.4, -0.2) is 35.3 Å². The Labute approximate surface area is 107 Å². The van der Waals surface area contributed by atoms with Crippen molar-refractivity contribution in [3.05, 3.63) is 35.9 Å². The first kappa shape index (κ1) is 15.1. The van der Waals surface area contributed by atoms with Gasteiger partial charge in [0.25, 0.3) is 0 Å². The molecule has 0 aliphatic heterocycles. The first-order chi connectivity index (χ1) is 8.30. The Bertz CT molecular complexity index is 395. The largest absolute Gasteiger partial charge is 0.485 e. The quantitative estimate of drug-likeness (QED) is 0.895. The molecule has 2 atom stereocenters. The molecule has 0 aliphatic carbocycles. The molecule has 0 amide bonds. The zero-order valence-corrected chi connectivity index (χ0v) is 10.9. The topological polar surface area (TPSA) is 32.3 Å². The molecule has 18 heavy (non-hydrogen) atoms. The molecular formula is C11H15F3N2OS. The molecule has 1 aromatic carbocycles. The van der Waals surface area contributed by atoms with Crippen molar-refractivity contribution in [1.82, 2.24) is 9.62 Å². The van der Waals surface area contributed by atoms with E-state index < -0.39 is 22.5 Å². The van der Waals surface area contributed by atoms with Gasteiger partial charge in [0.05, 0.1) is 6.04 Å². The summed E-state index contributed by atoms with van der Waals surface area (Å²) in [5.74, 6) is 0. The summed E-state index contributed by atoms with van der Waals surface area (Å²) < 4.78 is 50.1. The van der Waals surface area contributed by atoms with Gasteiger partial charge in [-0.3, -0.25) is 0 Å². The van der Waals surface area contributed by atoms with E-state index in [9.17, 15) is 17.4 Å². The third-order valence-electron chi connectivity index (χ3n) is 2.21. The van der Waals surface area contributed by atoms with E-state index in [-0.39, 0.29) is 0 Å². The van der Waals surface area contributed by atoms with E-state index in [1.165, 1.54) is 0 Å². The molecule has 1 aromatic rings. The molecule has 0 bridgehead atoms. The number of halogens is 3. The Kier molecular flexibility index (Phi) is 5.30. The van der Waals surface area contributed by atoms with E-state index >= 15 is 0 Å². The molecule has 0 saturated heterocycles. The smallest absolute Gasteiger partial charge is 0.307 e. The Morgan fingerprint density at radius 2 is 1.83 bits per heavy atom. The van der Waals surface area contributed by atoms with Gasteiger partial charge in [0.2, 0.25) is 0 Å². The fourth-order valence-electron chi connectivity index (χ4n) is 1.46. The molecule has 102 valence electrons. The van der Waals surface area contributed by atoms with Gasteiger partial charge in [0.1, 0.15) is 0 Å². The third kappa shape index (κ3) is 4.75. The summed E-state index contributed by atoms with van der Waals surface area (Å²) in [4.78, 5) is 1.73. The standard InChI is InChI=1S/C11H15F3N2OS/c1-16(2)8-10(9-6-4-3-5-7-9)15-18(17)11(12,13)14/h3-7,10,15H,8H2,1-2H3. The number of rotatable bonds is 5. The number of alkyl halides is 3. The van der Waals surface area contributed by atoms with E-state index in [0.717, 1.165) is 0 Å². The van der Waals surface area contributed by atoms with Crippen LogP contribution in [0.1, 0.15) is 11.6 Å². The zero-order valence-electron chi connectivity index (χ0n) is 10.1. The average Bonchev–Trinajstić information content (AvgIpc) is 2.27. The molecule has 0 radical (unpaired) electrons. The molecule has 0 spiro atoms. The van der Waals surface area contributed by atoms with Crippen LogP contribution in [0, 0.1) is 0 Å². The lowest BCUT2D eigenvalue weighted by molar-refractivity contribution is -0.0397. The van der Waals surface area contributed by atoms with Gasteiger partial charge in [-0.15, -0.1) is 0 Å². The lowest BCUT2D eigenvalue weighted by Gasteiger charge is -2.22. The van der Waals surface area contributed by atoms with Crippen molar-refractivity contribution < 1.29 is 17.4 Å². The number of likely N-dealkylation sites (N-methyl/N-ethyl adjacent to an activating group) is 1. The van der Waals surface area contributed by atoms with Gasteiger partial charge in [-0.25, -0.2) is 8.93 Å². The normalized spacial score (nSPS) is 15.7. The van der Waals surface area contributed by atoms with Gasteiger partial charge < -0.3 is 4.90 Å². The van der Waals surface area contributed by atoms with E-state index in [0.29, 0.717) is 12.1 Å². The SMILES string of the molecule is CN(C)CC(NS(=O)C(F)(F)F)c1ccccc1. The fraction of sp³-hybridized carbons (Fsp3) is 0.455. The molecule has 0 saturated carbocycles. The van der Waals surface area contributed by atoms with Gasteiger partial charge in [0, 0.05) is 6.54 Å². The number of hydrogen-bond acceptors (Lipinski definition) is 2. The molecule has 3 nitrogen and oxygen atoms in total. The van der Waals surface area contributed by atoms with Crippen molar-refractivity contribution in [1.29, 1.82) is 0 Å². The van der Waals surface area contributed by atoms with Crippen molar-refractivity contribution in [2.75, 3.05) is 20.6 Å². The molecule has 0 aliphatic rings. The van der Waals surface area contributed by atoms with Crippen LogP contribution in [0.25, 0.3) is 0 Å². The highest BCUT2D eigenvalue weighted by atomic mass is 32.2. The van der Waals surface area contributed by atoms with Crippen LogP contribution in [0.15, 0.2) is 30.3 Å². The maximum atomic E-state index is 12.3. The Morgan fingerprint density at radius 3 is 2.28 bits per heavy atom. The summed E-state index contributed by atoms with van der Waals surface area (Å²) in [5, 5.41) is 0. The highest BCUT2D eigenvalue weighted by Crippen LogP contribution is 2.22. The Hall–Kier alpha value is -0.920. The number of hydrogen-bond donors (Lipinski definition) is 1. The average molecular weight is 280 g/mol.